The molecular weight excluding hydrogens is 236 g/mol. The van der Waals surface area contributed by atoms with Gasteiger partial charge in [-0.1, -0.05) is 51.0 Å². The lowest BCUT2D eigenvalue weighted by Crippen LogP contribution is -2.02. The van der Waals surface area contributed by atoms with Crippen molar-refractivity contribution in [1.82, 2.24) is 0 Å². The van der Waals surface area contributed by atoms with E-state index >= 15 is 0 Å². The van der Waals surface area contributed by atoms with E-state index in [1.807, 2.05) is 0 Å². The average molecular weight is 258 g/mol. The fourth-order valence-electron chi connectivity index (χ4n) is 2.87. The van der Waals surface area contributed by atoms with Crippen LogP contribution in [0.2, 0.25) is 0 Å². The molecule has 2 rings (SSSR count). The maximum atomic E-state index is 11.0. The Morgan fingerprint density at radius 3 is 2.26 bits per heavy atom. The molecule has 0 heterocycles. The zero-order valence-corrected chi connectivity index (χ0v) is 11.7. The van der Waals surface area contributed by atoms with Crippen molar-refractivity contribution < 1.29 is 9.90 Å². The SMILES string of the molecule is CC(C)c1ccc(/C(=C/C(=O)O)C2CCCC2)cc1. The summed E-state index contributed by atoms with van der Waals surface area (Å²) in [5, 5.41) is 9.07. The van der Waals surface area contributed by atoms with E-state index in [9.17, 15) is 4.79 Å². The Kier molecular flexibility index (Phi) is 4.41. The van der Waals surface area contributed by atoms with Crippen molar-refractivity contribution in [2.45, 2.75) is 45.4 Å². The minimum absolute atomic E-state index is 0.418. The van der Waals surface area contributed by atoms with Gasteiger partial charge < -0.3 is 5.11 Å². The van der Waals surface area contributed by atoms with Crippen LogP contribution in [0.4, 0.5) is 0 Å². The number of rotatable bonds is 4. The summed E-state index contributed by atoms with van der Waals surface area (Å²) in [5.74, 6) is 0.0864. The van der Waals surface area contributed by atoms with Gasteiger partial charge in [0.2, 0.25) is 0 Å². The van der Waals surface area contributed by atoms with Crippen molar-refractivity contribution in [3.05, 3.63) is 41.5 Å². The van der Waals surface area contributed by atoms with E-state index in [1.54, 1.807) is 0 Å². The predicted molar refractivity (Wildman–Crippen MR) is 78.1 cm³/mol. The van der Waals surface area contributed by atoms with E-state index in [1.165, 1.54) is 24.5 Å². The number of allylic oxidation sites excluding steroid dienone is 1. The molecule has 19 heavy (non-hydrogen) atoms. The van der Waals surface area contributed by atoms with Gasteiger partial charge in [0.25, 0.3) is 0 Å². The third-order valence-electron chi connectivity index (χ3n) is 3.98. The van der Waals surface area contributed by atoms with Crippen LogP contribution in [-0.4, -0.2) is 11.1 Å². The van der Waals surface area contributed by atoms with Crippen molar-refractivity contribution in [1.29, 1.82) is 0 Å². The number of hydrogen-bond acceptors (Lipinski definition) is 1. The molecule has 0 radical (unpaired) electrons. The first-order valence-electron chi connectivity index (χ1n) is 7.12. The monoisotopic (exact) mass is 258 g/mol. The molecule has 0 amide bonds. The second-order valence-electron chi connectivity index (χ2n) is 5.70. The summed E-state index contributed by atoms with van der Waals surface area (Å²) < 4.78 is 0. The van der Waals surface area contributed by atoms with Crippen molar-refractivity contribution in [2.24, 2.45) is 5.92 Å². The molecule has 2 heteroatoms. The molecule has 102 valence electrons. The molecule has 0 unspecified atom stereocenters. The van der Waals surface area contributed by atoms with Crippen LogP contribution in [0.3, 0.4) is 0 Å². The zero-order valence-electron chi connectivity index (χ0n) is 11.7. The Bertz CT molecular complexity index is 463. The molecule has 2 nitrogen and oxygen atoms in total. The third-order valence-corrected chi connectivity index (χ3v) is 3.98. The van der Waals surface area contributed by atoms with Gasteiger partial charge >= 0.3 is 5.97 Å². The van der Waals surface area contributed by atoms with Gasteiger partial charge in [-0.05, 0) is 41.4 Å². The molecule has 0 atom stereocenters. The maximum Gasteiger partial charge on any atom is 0.328 e. The molecule has 0 saturated heterocycles. The first kappa shape index (κ1) is 13.9. The van der Waals surface area contributed by atoms with E-state index in [0.29, 0.717) is 11.8 Å². The van der Waals surface area contributed by atoms with E-state index in [2.05, 4.69) is 38.1 Å². The van der Waals surface area contributed by atoms with Crippen LogP contribution in [0.25, 0.3) is 5.57 Å². The number of carboxylic acid groups (broad SMARTS) is 1. The van der Waals surface area contributed by atoms with Gasteiger partial charge in [-0.25, -0.2) is 4.79 Å². The van der Waals surface area contributed by atoms with Gasteiger partial charge in [0.1, 0.15) is 0 Å². The number of carbonyl (C=O) groups is 1. The second-order valence-corrected chi connectivity index (χ2v) is 5.70. The van der Waals surface area contributed by atoms with E-state index < -0.39 is 5.97 Å². The molecule has 0 spiro atoms. The van der Waals surface area contributed by atoms with Gasteiger partial charge in [-0.2, -0.15) is 0 Å². The Labute approximate surface area is 115 Å². The Hall–Kier alpha value is -1.57. The fraction of sp³-hybridized carbons (Fsp3) is 0.471. The average Bonchev–Trinajstić information content (AvgIpc) is 2.89. The van der Waals surface area contributed by atoms with Crippen LogP contribution in [-0.2, 0) is 4.79 Å². The number of aliphatic carboxylic acids is 1. The Morgan fingerprint density at radius 1 is 1.21 bits per heavy atom. The Balaban J connectivity index is 2.30. The van der Waals surface area contributed by atoms with Gasteiger partial charge in [-0.3, -0.25) is 0 Å². The molecule has 1 saturated carbocycles. The molecule has 0 bridgehead atoms. The number of hydrogen-bond donors (Lipinski definition) is 1. The van der Waals surface area contributed by atoms with Crippen molar-refractivity contribution >= 4 is 11.5 Å². The van der Waals surface area contributed by atoms with Gasteiger partial charge in [0.15, 0.2) is 0 Å². The first-order chi connectivity index (χ1) is 9.08. The molecular formula is C17H22O2. The van der Waals surface area contributed by atoms with Crippen molar-refractivity contribution in [2.75, 3.05) is 0 Å². The predicted octanol–water partition coefficient (Wildman–Crippen LogP) is 4.47. The van der Waals surface area contributed by atoms with E-state index in [0.717, 1.165) is 24.0 Å². The largest absolute Gasteiger partial charge is 0.478 e. The van der Waals surface area contributed by atoms with Crippen LogP contribution in [0, 0.1) is 5.92 Å². The minimum Gasteiger partial charge on any atom is -0.478 e. The zero-order chi connectivity index (χ0) is 13.8. The molecule has 1 fully saturated rings. The lowest BCUT2D eigenvalue weighted by molar-refractivity contribution is -0.131. The maximum absolute atomic E-state index is 11.0. The molecule has 1 aromatic carbocycles. The molecule has 1 N–H and O–H groups in total. The highest BCUT2D eigenvalue weighted by atomic mass is 16.4. The van der Waals surface area contributed by atoms with Gasteiger partial charge in [0, 0.05) is 6.08 Å². The highest BCUT2D eigenvalue weighted by Gasteiger charge is 2.21. The quantitative estimate of drug-likeness (QED) is 0.809. The topological polar surface area (TPSA) is 37.3 Å². The summed E-state index contributed by atoms with van der Waals surface area (Å²) in [7, 11) is 0. The van der Waals surface area contributed by atoms with Gasteiger partial charge in [-0.15, -0.1) is 0 Å². The Morgan fingerprint density at radius 2 is 1.79 bits per heavy atom. The van der Waals surface area contributed by atoms with Crippen molar-refractivity contribution in [3.63, 3.8) is 0 Å². The number of carboxylic acids is 1. The third kappa shape index (κ3) is 3.46. The first-order valence-corrected chi connectivity index (χ1v) is 7.12. The highest BCUT2D eigenvalue weighted by molar-refractivity contribution is 5.90. The molecule has 0 aliphatic heterocycles. The lowest BCUT2D eigenvalue weighted by atomic mass is 9.89. The van der Waals surface area contributed by atoms with Crippen LogP contribution in [0.1, 0.15) is 56.6 Å². The number of benzene rings is 1. The van der Waals surface area contributed by atoms with Crippen LogP contribution in [0.5, 0.6) is 0 Å². The highest BCUT2D eigenvalue weighted by Crippen LogP contribution is 2.36. The molecule has 1 aliphatic rings. The molecule has 1 aromatic rings. The van der Waals surface area contributed by atoms with Crippen molar-refractivity contribution in [3.8, 4) is 0 Å². The van der Waals surface area contributed by atoms with Gasteiger partial charge in [0.05, 0.1) is 0 Å². The normalized spacial score (nSPS) is 17.1. The lowest BCUT2D eigenvalue weighted by Gasteiger charge is -2.15. The summed E-state index contributed by atoms with van der Waals surface area (Å²) in [6, 6.07) is 8.38. The van der Waals surface area contributed by atoms with E-state index in [-0.39, 0.29) is 0 Å². The van der Waals surface area contributed by atoms with Crippen LogP contribution >= 0.6 is 0 Å². The van der Waals surface area contributed by atoms with Crippen LogP contribution in [0.15, 0.2) is 30.3 Å². The van der Waals surface area contributed by atoms with Crippen LogP contribution < -0.4 is 0 Å². The summed E-state index contributed by atoms with van der Waals surface area (Å²) in [4.78, 5) is 11.0. The standard InChI is InChI=1S/C17H22O2/c1-12(2)13-7-9-15(10-8-13)16(11-17(18)19)14-5-3-4-6-14/h7-12,14H,3-6H2,1-2H3,(H,18,19)/b16-11+. The summed E-state index contributed by atoms with van der Waals surface area (Å²) in [5.41, 5.74) is 3.36. The summed E-state index contributed by atoms with van der Waals surface area (Å²) in [6.07, 6.45) is 6.06. The second kappa shape index (κ2) is 6.05. The minimum atomic E-state index is -0.838. The summed E-state index contributed by atoms with van der Waals surface area (Å²) in [6.45, 7) is 4.33. The fourth-order valence-corrected chi connectivity index (χ4v) is 2.87. The summed E-state index contributed by atoms with van der Waals surface area (Å²) >= 11 is 0. The molecule has 0 aromatic heterocycles. The van der Waals surface area contributed by atoms with E-state index in [4.69, 9.17) is 5.11 Å². The molecule has 1 aliphatic carbocycles. The smallest absolute Gasteiger partial charge is 0.328 e.